The summed E-state index contributed by atoms with van der Waals surface area (Å²) in [5.41, 5.74) is 31.2. The van der Waals surface area contributed by atoms with Crippen LogP contribution >= 0.6 is 0 Å². The average molecular weight is 1610 g/mol. The predicted molar refractivity (Wildman–Crippen MR) is 539 cm³/mol. The van der Waals surface area contributed by atoms with Crippen molar-refractivity contribution in [3.8, 4) is 66.8 Å². The van der Waals surface area contributed by atoms with Gasteiger partial charge in [0.15, 0.2) is 0 Å². The molecule has 126 heavy (non-hydrogen) atoms. The van der Waals surface area contributed by atoms with Crippen molar-refractivity contribution in [2.45, 2.75) is 27.7 Å². The zero-order valence-electron chi connectivity index (χ0n) is 70.5. The van der Waals surface area contributed by atoms with Crippen LogP contribution < -0.4 is 19.6 Å². The molecule has 23 aromatic rings. The number of anilines is 12. The molecule has 23 rings (SSSR count). The number of hydrogen-bond donors (Lipinski definition) is 0. The van der Waals surface area contributed by atoms with Gasteiger partial charge < -0.3 is 19.6 Å². The van der Waals surface area contributed by atoms with Crippen LogP contribution in [0.25, 0.3) is 153 Å². The molecular formula is C122H86N4. The molecule has 0 spiro atoms. The van der Waals surface area contributed by atoms with Crippen molar-refractivity contribution in [3.05, 3.63) is 471 Å². The van der Waals surface area contributed by atoms with Gasteiger partial charge in [-0.15, -0.1) is 0 Å². The molecule has 0 heterocycles. The Morgan fingerprint density at radius 1 is 0.135 bits per heavy atom. The SMILES string of the molecule is Cc1cc(C)cc(N(c2ccc3c(-c4ccc(N(c5cccc(-c6ccccc6)c5)c5cccc(-c6ccccc6)c5)cc4)c4cc(N(c5cc(C)cc(C)c5)c5ccc6ccc7cccc8ccc5c6c78)ccc4c(-c4ccc(N(c5cccc(-c6ccccc6)c5)c5cccc(-c6ccccc6)c5)cc4)c3c2)c2ccc3ccc4cccc5ccc2c3c45)c1. The number of benzene rings is 23. The highest BCUT2D eigenvalue weighted by atomic mass is 15.2. The van der Waals surface area contributed by atoms with E-state index in [1.165, 1.54) is 86.9 Å². The van der Waals surface area contributed by atoms with Gasteiger partial charge in [-0.1, -0.05) is 315 Å². The zero-order chi connectivity index (χ0) is 84.0. The first-order valence-corrected chi connectivity index (χ1v) is 43.6. The van der Waals surface area contributed by atoms with Crippen molar-refractivity contribution in [2.75, 3.05) is 19.6 Å². The second kappa shape index (κ2) is 31.1. The number of nitrogens with zero attached hydrogens (tertiary/aromatic N) is 4. The normalized spacial score (nSPS) is 11.7. The van der Waals surface area contributed by atoms with E-state index in [0.29, 0.717) is 0 Å². The minimum absolute atomic E-state index is 1.03. The van der Waals surface area contributed by atoms with Crippen molar-refractivity contribution >= 4 is 154 Å². The Balaban J connectivity index is 0.803. The lowest BCUT2D eigenvalue weighted by molar-refractivity contribution is 1.27. The van der Waals surface area contributed by atoms with Gasteiger partial charge in [-0.2, -0.15) is 0 Å². The van der Waals surface area contributed by atoms with Gasteiger partial charge in [0.2, 0.25) is 0 Å². The summed E-state index contributed by atoms with van der Waals surface area (Å²) in [4.78, 5) is 9.93. The van der Waals surface area contributed by atoms with Gasteiger partial charge in [0.05, 0.1) is 11.4 Å². The van der Waals surface area contributed by atoms with Crippen LogP contribution in [0.4, 0.5) is 68.2 Å². The number of aryl methyl sites for hydroxylation is 4. The molecular weight excluding hydrogens is 1520 g/mol. The molecule has 0 bridgehead atoms. The Morgan fingerprint density at radius 2 is 0.389 bits per heavy atom. The van der Waals surface area contributed by atoms with Crippen molar-refractivity contribution in [1.82, 2.24) is 0 Å². The maximum absolute atomic E-state index is 2.54. The molecule has 23 aromatic carbocycles. The van der Waals surface area contributed by atoms with E-state index in [1.807, 2.05) is 0 Å². The van der Waals surface area contributed by atoms with Gasteiger partial charge in [0.25, 0.3) is 0 Å². The van der Waals surface area contributed by atoms with E-state index in [0.717, 1.165) is 157 Å². The second-order valence-electron chi connectivity index (χ2n) is 33.9. The van der Waals surface area contributed by atoms with Gasteiger partial charge >= 0.3 is 0 Å². The summed E-state index contributed by atoms with van der Waals surface area (Å²) in [5, 5.41) is 19.3. The summed E-state index contributed by atoms with van der Waals surface area (Å²) >= 11 is 0. The number of hydrogen-bond acceptors (Lipinski definition) is 4. The van der Waals surface area contributed by atoms with E-state index in [1.54, 1.807) is 0 Å². The lowest BCUT2D eigenvalue weighted by Gasteiger charge is -2.30. The third-order valence-electron chi connectivity index (χ3n) is 25.7. The van der Waals surface area contributed by atoms with Crippen LogP contribution in [0.15, 0.2) is 449 Å². The third kappa shape index (κ3) is 13.3. The molecule has 0 fully saturated rings. The highest BCUT2D eigenvalue weighted by Gasteiger charge is 2.28. The lowest BCUT2D eigenvalue weighted by Crippen LogP contribution is -2.12. The first-order chi connectivity index (χ1) is 62.1. The van der Waals surface area contributed by atoms with Crippen LogP contribution in [0.1, 0.15) is 22.3 Å². The van der Waals surface area contributed by atoms with Crippen molar-refractivity contribution in [2.24, 2.45) is 0 Å². The van der Waals surface area contributed by atoms with Crippen molar-refractivity contribution < 1.29 is 0 Å². The van der Waals surface area contributed by atoms with E-state index < -0.39 is 0 Å². The van der Waals surface area contributed by atoms with Crippen LogP contribution in [0.5, 0.6) is 0 Å². The smallest absolute Gasteiger partial charge is 0.0540 e. The molecule has 0 aliphatic heterocycles. The van der Waals surface area contributed by atoms with Crippen molar-refractivity contribution in [1.29, 1.82) is 0 Å². The Hall–Kier alpha value is -16.1. The van der Waals surface area contributed by atoms with E-state index in [-0.39, 0.29) is 0 Å². The first kappa shape index (κ1) is 74.9. The molecule has 0 saturated carbocycles. The summed E-state index contributed by atoms with van der Waals surface area (Å²) in [6.07, 6.45) is 0. The molecule has 0 aliphatic rings. The highest BCUT2D eigenvalue weighted by molar-refractivity contribution is 6.29. The fraction of sp³-hybridized carbons (Fsp3) is 0.0328. The molecule has 0 aliphatic carbocycles. The molecule has 4 nitrogen and oxygen atoms in total. The summed E-state index contributed by atoms with van der Waals surface area (Å²) in [7, 11) is 0. The second-order valence-corrected chi connectivity index (χ2v) is 33.9. The van der Waals surface area contributed by atoms with E-state index in [9.17, 15) is 0 Å². The fourth-order valence-corrected chi connectivity index (χ4v) is 20.2. The van der Waals surface area contributed by atoms with E-state index in [4.69, 9.17) is 0 Å². The molecule has 4 heteroatoms. The molecule has 0 amide bonds. The maximum Gasteiger partial charge on any atom is 0.0540 e. The number of rotatable bonds is 18. The maximum atomic E-state index is 2.54. The van der Waals surface area contributed by atoms with Gasteiger partial charge in [-0.25, -0.2) is 0 Å². The molecule has 0 N–H and O–H groups in total. The average Bonchev–Trinajstić information content (AvgIpc) is 0.701. The van der Waals surface area contributed by atoms with Crippen LogP contribution in [-0.2, 0) is 0 Å². The largest absolute Gasteiger partial charge is 0.310 e. The minimum atomic E-state index is 1.03. The summed E-state index contributed by atoms with van der Waals surface area (Å²) < 4.78 is 0. The van der Waals surface area contributed by atoms with E-state index >= 15 is 0 Å². The Kier molecular flexibility index (Phi) is 18.5. The van der Waals surface area contributed by atoms with E-state index in [2.05, 4.69) is 496 Å². The van der Waals surface area contributed by atoms with Gasteiger partial charge in [-0.05, 0) is 326 Å². The van der Waals surface area contributed by atoms with Crippen LogP contribution in [-0.4, -0.2) is 0 Å². The third-order valence-corrected chi connectivity index (χ3v) is 25.7. The van der Waals surface area contributed by atoms with Gasteiger partial charge in [0.1, 0.15) is 0 Å². The van der Waals surface area contributed by atoms with Crippen LogP contribution in [0.2, 0.25) is 0 Å². The number of fused-ring (bicyclic) bond motifs is 2. The van der Waals surface area contributed by atoms with Crippen LogP contribution in [0.3, 0.4) is 0 Å². The predicted octanol–water partition coefficient (Wildman–Crippen LogP) is 34.9. The Bertz CT molecular complexity index is 7400. The summed E-state index contributed by atoms with van der Waals surface area (Å²) in [5.74, 6) is 0. The molecule has 0 unspecified atom stereocenters. The summed E-state index contributed by atoms with van der Waals surface area (Å²) in [6, 6.07) is 168. The van der Waals surface area contributed by atoms with Gasteiger partial charge in [-0.3, -0.25) is 0 Å². The Morgan fingerprint density at radius 3 is 0.706 bits per heavy atom. The Labute approximate surface area is 734 Å². The summed E-state index contributed by atoms with van der Waals surface area (Å²) in [6.45, 7) is 8.92. The molecule has 0 atom stereocenters. The highest BCUT2D eigenvalue weighted by Crippen LogP contribution is 2.54. The molecule has 0 saturated heterocycles. The van der Waals surface area contributed by atoms with Gasteiger partial charge in [0, 0.05) is 67.6 Å². The molecule has 594 valence electrons. The monoisotopic (exact) mass is 1610 g/mol. The topological polar surface area (TPSA) is 13.0 Å². The fourth-order valence-electron chi connectivity index (χ4n) is 20.2. The van der Waals surface area contributed by atoms with Crippen LogP contribution in [0, 0.1) is 27.7 Å². The zero-order valence-corrected chi connectivity index (χ0v) is 70.5. The molecule has 0 aromatic heterocycles. The standard InChI is InChI=1S/C122H86N4/c1-79-67-80(2)70-107(69-79)125(115-65-53-93-45-43-87-31-17-33-89-51-61-111(115)121(93)117(87)89)105-59-63-109-113(77-105)119(91-47-55-99(56-48-91)123(101-39-19-35-95(73-101)83-23-9-5-10-24-83)102-40-20-36-96(74-102)84-25-11-6-12-26-84)110-64-60-106(126(108-71-81(3)68-82(4)72-108)116-66-54-94-46-44-88-32-18-34-90-52-62-112(116)122(94)118(88)90)78-114(110)120(109)92-49-57-100(58-50-92)124(103-41-21-37-97(75-103)85-27-13-7-14-28-85)104-42-22-38-98(76-104)86-29-15-8-16-30-86/h5-78H,1-4H3. The first-order valence-electron chi connectivity index (χ1n) is 43.6. The lowest BCUT2D eigenvalue weighted by atomic mass is 9.85. The quantitative estimate of drug-likeness (QED) is 0.0627. The molecule has 0 radical (unpaired) electrons. The minimum Gasteiger partial charge on any atom is -0.310 e. The van der Waals surface area contributed by atoms with Crippen molar-refractivity contribution in [3.63, 3.8) is 0 Å².